The third kappa shape index (κ3) is 6.14. The van der Waals surface area contributed by atoms with E-state index in [1.165, 1.54) is 11.3 Å². The number of amides is 1. The number of carbonyl (C=O) groups is 1. The number of hydrogen-bond acceptors (Lipinski definition) is 4. The molecule has 5 nitrogen and oxygen atoms in total. The second kappa shape index (κ2) is 10.5. The first kappa shape index (κ1) is 22.9. The number of aryl methyl sites for hydroxylation is 2. The van der Waals surface area contributed by atoms with Crippen molar-refractivity contribution >= 4 is 23.0 Å². The van der Waals surface area contributed by atoms with Crippen molar-refractivity contribution in [2.45, 2.75) is 33.4 Å². The minimum Gasteiger partial charge on any atom is -0.374 e. The highest BCUT2D eigenvalue weighted by atomic mass is 16.2. The second-order valence-electron chi connectivity index (χ2n) is 8.97. The van der Waals surface area contributed by atoms with Gasteiger partial charge in [0.25, 0.3) is 0 Å². The monoisotopic (exact) mass is 442 g/mol. The van der Waals surface area contributed by atoms with Crippen molar-refractivity contribution in [3.05, 3.63) is 89.5 Å². The molecule has 172 valence electrons. The molecule has 33 heavy (non-hydrogen) atoms. The van der Waals surface area contributed by atoms with Crippen molar-refractivity contribution in [2.75, 3.05) is 41.7 Å². The molecule has 2 N–H and O–H groups in total. The van der Waals surface area contributed by atoms with Crippen LogP contribution in [0.25, 0.3) is 0 Å². The van der Waals surface area contributed by atoms with E-state index >= 15 is 0 Å². The Balaban J connectivity index is 1.27. The van der Waals surface area contributed by atoms with E-state index in [0.29, 0.717) is 0 Å². The van der Waals surface area contributed by atoms with Gasteiger partial charge in [-0.15, -0.1) is 0 Å². The first-order chi connectivity index (χ1) is 16.0. The van der Waals surface area contributed by atoms with Gasteiger partial charge in [0, 0.05) is 49.8 Å². The van der Waals surface area contributed by atoms with Crippen LogP contribution in [0.5, 0.6) is 0 Å². The van der Waals surface area contributed by atoms with Crippen LogP contribution in [0, 0.1) is 13.8 Å². The average Bonchev–Trinajstić information content (AvgIpc) is 2.83. The lowest BCUT2D eigenvalue weighted by molar-refractivity contribution is -0.116. The number of carbonyl (C=O) groups excluding carboxylic acids is 1. The van der Waals surface area contributed by atoms with E-state index in [1.54, 1.807) is 0 Å². The quantitative estimate of drug-likeness (QED) is 0.537. The lowest BCUT2D eigenvalue weighted by Crippen LogP contribution is -2.45. The topological polar surface area (TPSA) is 47.6 Å². The Morgan fingerprint density at radius 3 is 2.30 bits per heavy atom. The van der Waals surface area contributed by atoms with Gasteiger partial charge in [-0.3, -0.25) is 9.69 Å². The number of nitrogens with one attached hydrogen (secondary N) is 2. The van der Waals surface area contributed by atoms with Gasteiger partial charge < -0.3 is 15.5 Å². The van der Waals surface area contributed by atoms with Crippen molar-refractivity contribution in [3.8, 4) is 0 Å². The van der Waals surface area contributed by atoms with Crippen molar-refractivity contribution in [2.24, 2.45) is 0 Å². The van der Waals surface area contributed by atoms with E-state index in [2.05, 4.69) is 81.1 Å². The molecule has 0 saturated carbocycles. The van der Waals surface area contributed by atoms with E-state index in [-0.39, 0.29) is 11.9 Å². The van der Waals surface area contributed by atoms with Crippen LogP contribution in [0.1, 0.15) is 23.6 Å². The molecule has 0 radical (unpaired) electrons. The van der Waals surface area contributed by atoms with E-state index < -0.39 is 0 Å². The van der Waals surface area contributed by atoms with Gasteiger partial charge in [0.1, 0.15) is 6.04 Å². The van der Waals surface area contributed by atoms with Gasteiger partial charge in [-0.25, -0.2) is 0 Å². The number of benzene rings is 3. The van der Waals surface area contributed by atoms with E-state index in [9.17, 15) is 4.79 Å². The largest absolute Gasteiger partial charge is 0.374 e. The summed E-state index contributed by atoms with van der Waals surface area (Å²) < 4.78 is 0. The molecule has 5 heteroatoms. The number of nitrogens with zero attached hydrogens (tertiary/aromatic N) is 2. The van der Waals surface area contributed by atoms with Crippen LogP contribution in [-0.4, -0.2) is 43.0 Å². The number of anilines is 3. The Morgan fingerprint density at radius 1 is 0.909 bits per heavy atom. The Bertz CT molecular complexity index is 1060. The molecule has 0 aliphatic carbocycles. The molecule has 4 rings (SSSR count). The van der Waals surface area contributed by atoms with Gasteiger partial charge in [-0.2, -0.15) is 0 Å². The first-order valence-corrected chi connectivity index (χ1v) is 11.7. The SMILES string of the molecule is Cc1ccc(C)c(NC(=O)C(C)Nc2ccc(N3CCN(Cc4ccccc4)CC3)cc2)c1. The lowest BCUT2D eigenvalue weighted by Gasteiger charge is -2.36. The summed E-state index contributed by atoms with van der Waals surface area (Å²) in [6.45, 7) is 11.1. The highest BCUT2D eigenvalue weighted by molar-refractivity contribution is 5.96. The zero-order chi connectivity index (χ0) is 23.2. The molecule has 1 amide bonds. The van der Waals surface area contributed by atoms with Gasteiger partial charge in [0.05, 0.1) is 0 Å². The van der Waals surface area contributed by atoms with Gasteiger partial charge in [0.2, 0.25) is 5.91 Å². The van der Waals surface area contributed by atoms with Gasteiger partial charge in [-0.05, 0) is 67.8 Å². The average molecular weight is 443 g/mol. The predicted octanol–water partition coefficient (Wildman–Crippen LogP) is 5.06. The van der Waals surface area contributed by atoms with E-state index in [0.717, 1.165) is 55.2 Å². The second-order valence-corrected chi connectivity index (χ2v) is 8.97. The van der Waals surface area contributed by atoms with Crippen LogP contribution in [0.3, 0.4) is 0 Å². The van der Waals surface area contributed by atoms with Crippen LogP contribution in [0.2, 0.25) is 0 Å². The summed E-state index contributed by atoms with van der Waals surface area (Å²) in [5, 5.41) is 6.36. The van der Waals surface area contributed by atoms with Crippen molar-refractivity contribution < 1.29 is 4.79 Å². The fraction of sp³-hybridized carbons (Fsp3) is 0.321. The summed E-state index contributed by atoms with van der Waals surface area (Å²) in [4.78, 5) is 17.6. The third-order valence-corrected chi connectivity index (χ3v) is 6.28. The third-order valence-electron chi connectivity index (χ3n) is 6.28. The molecule has 3 aromatic carbocycles. The smallest absolute Gasteiger partial charge is 0.246 e. The molecular formula is C28H34N4O. The zero-order valence-corrected chi connectivity index (χ0v) is 19.8. The van der Waals surface area contributed by atoms with Gasteiger partial charge >= 0.3 is 0 Å². The summed E-state index contributed by atoms with van der Waals surface area (Å²) in [7, 11) is 0. The predicted molar refractivity (Wildman–Crippen MR) is 138 cm³/mol. The molecule has 1 saturated heterocycles. The van der Waals surface area contributed by atoms with Crippen LogP contribution in [-0.2, 0) is 11.3 Å². The molecular weight excluding hydrogens is 408 g/mol. The van der Waals surface area contributed by atoms with Crippen LogP contribution in [0.4, 0.5) is 17.1 Å². The maximum absolute atomic E-state index is 12.7. The Kier molecular flexibility index (Phi) is 7.30. The molecule has 1 fully saturated rings. The molecule has 1 heterocycles. The summed E-state index contributed by atoms with van der Waals surface area (Å²) in [6, 6.07) is 24.8. The van der Waals surface area contributed by atoms with E-state index in [1.807, 2.05) is 32.9 Å². The normalized spacial score (nSPS) is 15.2. The molecule has 1 atom stereocenters. The van der Waals surface area contributed by atoms with Crippen LogP contribution < -0.4 is 15.5 Å². The van der Waals surface area contributed by atoms with Crippen molar-refractivity contribution in [1.82, 2.24) is 4.90 Å². The molecule has 0 bridgehead atoms. The summed E-state index contributed by atoms with van der Waals surface area (Å²) in [6.07, 6.45) is 0. The fourth-order valence-electron chi connectivity index (χ4n) is 4.20. The van der Waals surface area contributed by atoms with Crippen LogP contribution in [0.15, 0.2) is 72.8 Å². The zero-order valence-electron chi connectivity index (χ0n) is 19.8. The summed E-state index contributed by atoms with van der Waals surface area (Å²) >= 11 is 0. The number of piperazine rings is 1. The fourth-order valence-corrected chi connectivity index (χ4v) is 4.20. The molecule has 3 aromatic rings. The first-order valence-electron chi connectivity index (χ1n) is 11.7. The standard InChI is InChI=1S/C28H34N4O/c1-21-9-10-22(2)27(19-21)30-28(33)23(3)29-25-11-13-26(14-12-25)32-17-15-31(16-18-32)20-24-7-5-4-6-8-24/h4-14,19,23,29H,15-18,20H2,1-3H3,(H,30,33). The maximum atomic E-state index is 12.7. The van der Waals surface area contributed by atoms with Crippen molar-refractivity contribution in [3.63, 3.8) is 0 Å². The molecule has 1 aliphatic rings. The highest BCUT2D eigenvalue weighted by Crippen LogP contribution is 2.21. The van der Waals surface area contributed by atoms with Crippen molar-refractivity contribution in [1.29, 1.82) is 0 Å². The van der Waals surface area contributed by atoms with Gasteiger partial charge in [-0.1, -0.05) is 42.5 Å². The Hall–Kier alpha value is -3.31. The molecule has 0 aromatic heterocycles. The maximum Gasteiger partial charge on any atom is 0.246 e. The summed E-state index contributed by atoms with van der Waals surface area (Å²) in [5.41, 5.74) is 6.62. The molecule has 0 spiro atoms. The molecule has 1 unspecified atom stereocenters. The van der Waals surface area contributed by atoms with E-state index in [4.69, 9.17) is 0 Å². The van der Waals surface area contributed by atoms with Crippen LogP contribution >= 0.6 is 0 Å². The Labute approximate surface area is 197 Å². The Morgan fingerprint density at radius 2 is 1.61 bits per heavy atom. The lowest BCUT2D eigenvalue weighted by atomic mass is 10.1. The molecule has 1 aliphatic heterocycles. The number of hydrogen-bond donors (Lipinski definition) is 2. The summed E-state index contributed by atoms with van der Waals surface area (Å²) in [5.74, 6) is -0.0395. The highest BCUT2D eigenvalue weighted by Gasteiger charge is 2.18. The van der Waals surface area contributed by atoms with Gasteiger partial charge in [0.15, 0.2) is 0 Å². The number of rotatable bonds is 7. The minimum absolute atomic E-state index is 0.0395. The minimum atomic E-state index is -0.336.